The summed E-state index contributed by atoms with van der Waals surface area (Å²) in [6.45, 7) is 3.23. The molecule has 0 spiro atoms. The Morgan fingerprint density at radius 2 is 2.17 bits per heavy atom. The third-order valence-electron chi connectivity index (χ3n) is 3.22. The van der Waals surface area contributed by atoms with Crippen molar-refractivity contribution in [3.05, 3.63) is 33.1 Å². The van der Waals surface area contributed by atoms with Crippen LogP contribution in [0.2, 0.25) is 0 Å². The Kier molecular flexibility index (Phi) is 3.38. The first-order valence-electron chi connectivity index (χ1n) is 5.75. The normalized spacial score (nSPS) is 33.6. The molecule has 18 heavy (non-hydrogen) atoms. The van der Waals surface area contributed by atoms with Crippen LogP contribution in [-0.2, 0) is 4.74 Å². The molecule has 1 saturated heterocycles. The number of aliphatic hydroxyl groups excluding tert-OH is 2. The molecule has 0 radical (unpaired) electrons. The molecule has 0 unspecified atom stereocenters. The predicted molar refractivity (Wildman–Crippen MR) is 62.1 cm³/mol. The van der Waals surface area contributed by atoms with Crippen molar-refractivity contribution in [1.29, 1.82) is 0 Å². The third kappa shape index (κ3) is 2.12. The zero-order chi connectivity index (χ0) is 13.4. The quantitative estimate of drug-likeness (QED) is 0.617. The summed E-state index contributed by atoms with van der Waals surface area (Å²) < 4.78 is 6.70. The van der Waals surface area contributed by atoms with Crippen molar-refractivity contribution in [1.82, 2.24) is 9.55 Å². The standard InChI is InChI=1S/C11H16N2O5/c1-5-8(16)9(6(2)14)18-10(5)13-4-3-7(15)12-11(13)17/h3-6,8-10,14,16H,1-2H3,(H,12,15,17)/t5-,6+,8+,9-,10-/m1/s1. The second-order valence-corrected chi connectivity index (χ2v) is 4.60. The number of nitrogens with zero attached hydrogens (tertiary/aromatic N) is 1. The van der Waals surface area contributed by atoms with Gasteiger partial charge in [-0.15, -0.1) is 0 Å². The van der Waals surface area contributed by atoms with Gasteiger partial charge in [0, 0.05) is 18.2 Å². The first-order chi connectivity index (χ1) is 8.41. The van der Waals surface area contributed by atoms with E-state index < -0.39 is 35.8 Å². The lowest BCUT2D eigenvalue weighted by Crippen LogP contribution is -2.34. The Balaban J connectivity index is 2.35. The van der Waals surface area contributed by atoms with Gasteiger partial charge < -0.3 is 14.9 Å². The van der Waals surface area contributed by atoms with Crippen LogP contribution in [-0.4, -0.2) is 38.1 Å². The lowest BCUT2D eigenvalue weighted by Gasteiger charge is -2.18. The van der Waals surface area contributed by atoms with Gasteiger partial charge in [0.25, 0.3) is 5.56 Å². The molecule has 1 fully saturated rings. The van der Waals surface area contributed by atoms with Crippen LogP contribution in [0.3, 0.4) is 0 Å². The fourth-order valence-electron chi connectivity index (χ4n) is 2.18. The van der Waals surface area contributed by atoms with Crippen LogP contribution in [0.25, 0.3) is 0 Å². The summed E-state index contributed by atoms with van der Waals surface area (Å²) in [5.41, 5.74) is -1.09. The van der Waals surface area contributed by atoms with E-state index in [9.17, 15) is 19.8 Å². The van der Waals surface area contributed by atoms with E-state index in [2.05, 4.69) is 4.98 Å². The summed E-state index contributed by atoms with van der Waals surface area (Å²) in [4.78, 5) is 24.7. The molecule has 2 heterocycles. The molecule has 2 rings (SSSR count). The first kappa shape index (κ1) is 13.0. The molecule has 1 aliphatic rings. The predicted octanol–water partition coefficient (Wildman–Crippen LogP) is -1.19. The van der Waals surface area contributed by atoms with Gasteiger partial charge in [-0.1, -0.05) is 6.92 Å². The molecule has 0 bridgehead atoms. The van der Waals surface area contributed by atoms with Crippen molar-refractivity contribution in [2.24, 2.45) is 5.92 Å². The van der Waals surface area contributed by atoms with E-state index >= 15 is 0 Å². The van der Waals surface area contributed by atoms with Crippen LogP contribution in [0.15, 0.2) is 21.9 Å². The molecular weight excluding hydrogens is 240 g/mol. The number of aliphatic hydroxyl groups is 2. The summed E-state index contributed by atoms with van der Waals surface area (Å²) in [6, 6.07) is 1.21. The highest BCUT2D eigenvalue weighted by molar-refractivity contribution is 4.92. The van der Waals surface area contributed by atoms with Gasteiger partial charge >= 0.3 is 5.69 Å². The SMILES string of the molecule is C[C@@H]1[C@H](O)[C@@H]([C@H](C)O)O[C@H]1n1ccc(=O)[nH]c1=O. The van der Waals surface area contributed by atoms with E-state index in [-0.39, 0.29) is 5.92 Å². The van der Waals surface area contributed by atoms with Crippen molar-refractivity contribution < 1.29 is 14.9 Å². The Morgan fingerprint density at radius 1 is 1.50 bits per heavy atom. The fraction of sp³-hybridized carbons (Fsp3) is 0.636. The van der Waals surface area contributed by atoms with Crippen LogP contribution in [0.5, 0.6) is 0 Å². The van der Waals surface area contributed by atoms with Gasteiger partial charge in [0.15, 0.2) is 0 Å². The summed E-state index contributed by atoms with van der Waals surface area (Å²) in [5, 5.41) is 19.4. The highest BCUT2D eigenvalue weighted by Crippen LogP contribution is 2.34. The smallest absolute Gasteiger partial charge is 0.330 e. The van der Waals surface area contributed by atoms with E-state index in [4.69, 9.17) is 4.74 Å². The minimum atomic E-state index is -0.867. The molecule has 5 atom stereocenters. The van der Waals surface area contributed by atoms with E-state index in [0.29, 0.717) is 0 Å². The molecule has 0 amide bonds. The van der Waals surface area contributed by atoms with Crippen LogP contribution in [0.4, 0.5) is 0 Å². The van der Waals surface area contributed by atoms with Crippen molar-refractivity contribution in [3.63, 3.8) is 0 Å². The molecule has 1 aromatic rings. The maximum absolute atomic E-state index is 11.6. The minimum Gasteiger partial charge on any atom is -0.391 e. The molecule has 1 aromatic heterocycles. The molecule has 100 valence electrons. The summed E-state index contributed by atoms with van der Waals surface area (Å²) in [6.07, 6.45) is -1.84. The highest BCUT2D eigenvalue weighted by Gasteiger charge is 2.44. The van der Waals surface area contributed by atoms with Gasteiger partial charge in [0.1, 0.15) is 12.3 Å². The minimum absolute atomic E-state index is 0.367. The van der Waals surface area contributed by atoms with Crippen molar-refractivity contribution in [2.45, 2.75) is 38.4 Å². The first-order valence-corrected chi connectivity index (χ1v) is 5.75. The fourth-order valence-corrected chi connectivity index (χ4v) is 2.18. The number of hydrogen-bond acceptors (Lipinski definition) is 5. The average molecular weight is 256 g/mol. The maximum Gasteiger partial charge on any atom is 0.330 e. The summed E-state index contributed by atoms with van der Waals surface area (Å²) >= 11 is 0. The highest BCUT2D eigenvalue weighted by atomic mass is 16.5. The second-order valence-electron chi connectivity index (χ2n) is 4.60. The molecule has 7 heteroatoms. The molecule has 0 aliphatic carbocycles. The van der Waals surface area contributed by atoms with Crippen LogP contribution >= 0.6 is 0 Å². The third-order valence-corrected chi connectivity index (χ3v) is 3.22. The van der Waals surface area contributed by atoms with Gasteiger partial charge in [0.2, 0.25) is 0 Å². The number of nitrogens with one attached hydrogen (secondary N) is 1. The number of rotatable bonds is 2. The Bertz CT molecular complexity index is 535. The molecule has 0 saturated carbocycles. The number of hydrogen-bond donors (Lipinski definition) is 3. The van der Waals surface area contributed by atoms with Crippen LogP contribution in [0.1, 0.15) is 20.1 Å². The number of aromatic nitrogens is 2. The average Bonchev–Trinajstić information content (AvgIpc) is 2.57. The van der Waals surface area contributed by atoms with Crippen molar-refractivity contribution in [3.8, 4) is 0 Å². The zero-order valence-corrected chi connectivity index (χ0v) is 10.1. The topological polar surface area (TPSA) is 105 Å². The van der Waals surface area contributed by atoms with Crippen LogP contribution < -0.4 is 11.2 Å². The molecule has 7 nitrogen and oxygen atoms in total. The van der Waals surface area contributed by atoms with E-state index in [1.807, 2.05) is 0 Å². The zero-order valence-electron chi connectivity index (χ0n) is 10.1. The molecular formula is C11H16N2O5. The number of ether oxygens (including phenoxy) is 1. The van der Waals surface area contributed by atoms with E-state index in [1.54, 1.807) is 6.92 Å². The lowest BCUT2D eigenvalue weighted by atomic mass is 9.99. The van der Waals surface area contributed by atoms with Crippen molar-refractivity contribution >= 4 is 0 Å². The molecule has 0 aromatic carbocycles. The Labute approximate surface area is 103 Å². The van der Waals surface area contributed by atoms with E-state index in [0.717, 1.165) is 0 Å². The van der Waals surface area contributed by atoms with Crippen molar-refractivity contribution in [2.75, 3.05) is 0 Å². The van der Waals surface area contributed by atoms with Gasteiger partial charge in [-0.3, -0.25) is 14.3 Å². The lowest BCUT2D eigenvalue weighted by molar-refractivity contribution is -0.0778. The maximum atomic E-state index is 11.6. The summed E-state index contributed by atoms with van der Waals surface area (Å²) in [5.74, 6) is -0.367. The monoisotopic (exact) mass is 256 g/mol. The van der Waals surface area contributed by atoms with Gasteiger partial charge in [-0.05, 0) is 6.92 Å². The number of H-pyrrole nitrogens is 1. The van der Waals surface area contributed by atoms with Gasteiger partial charge in [-0.2, -0.15) is 0 Å². The number of aromatic amines is 1. The van der Waals surface area contributed by atoms with E-state index in [1.165, 1.54) is 23.8 Å². The Morgan fingerprint density at radius 3 is 2.67 bits per heavy atom. The van der Waals surface area contributed by atoms with Gasteiger partial charge in [0.05, 0.1) is 12.2 Å². The Hall–Kier alpha value is -1.44. The summed E-state index contributed by atoms with van der Waals surface area (Å²) in [7, 11) is 0. The largest absolute Gasteiger partial charge is 0.391 e. The van der Waals surface area contributed by atoms with Crippen LogP contribution in [0, 0.1) is 5.92 Å². The molecule has 3 N–H and O–H groups in total. The second kappa shape index (κ2) is 4.68. The van der Waals surface area contributed by atoms with Gasteiger partial charge in [-0.25, -0.2) is 4.79 Å². The molecule has 1 aliphatic heterocycles.